The lowest BCUT2D eigenvalue weighted by molar-refractivity contribution is -0.124. The van der Waals surface area contributed by atoms with Crippen molar-refractivity contribution in [3.05, 3.63) is 64.7 Å². The normalized spacial score (nSPS) is 10.5. The first-order valence-corrected chi connectivity index (χ1v) is 8.77. The van der Waals surface area contributed by atoms with Crippen molar-refractivity contribution >= 4 is 23.5 Å². The Kier molecular flexibility index (Phi) is 7.48. The van der Waals surface area contributed by atoms with Gasteiger partial charge < -0.3 is 14.8 Å². The highest BCUT2D eigenvalue weighted by Gasteiger charge is 2.10. The molecule has 0 saturated heterocycles. The number of ether oxygens (including phenoxy) is 2. The van der Waals surface area contributed by atoms with E-state index in [9.17, 15) is 9.59 Å². The summed E-state index contributed by atoms with van der Waals surface area (Å²) in [4.78, 5) is 23.7. The molecule has 0 aromatic heterocycles. The second-order valence-electron chi connectivity index (χ2n) is 5.99. The third-order valence-electron chi connectivity index (χ3n) is 3.45. The zero-order chi connectivity index (χ0) is 18.9. The fourth-order valence-corrected chi connectivity index (χ4v) is 2.33. The summed E-state index contributed by atoms with van der Waals surface area (Å²) in [6.45, 7) is 3.99. The number of carbonyl (C=O) groups excluding carboxylic acids is 2. The van der Waals surface area contributed by atoms with Crippen LogP contribution in [0.25, 0.3) is 0 Å². The molecule has 0 saturated carbocycles. The van der Waals surface area contributed by atoms with E-state index in [-0.39, 0.29) is 18.6 Å². The van der Waals surface area contributed by atoms with Crippen molar-refractivity contribution in [2.45, 2.75) is 26.4 Å². The van der Waals surface area contributed by atoms with Gasteiger partial charge in [0.1, 0.15) is 5.75 Å². The predicted octanol–water partition coefficient (Wildman–Crippen LogP) is 3.64. The van der Waals surface area contributed by atoms with Crippen LogP contribution in [0.4, 0.5) is 0 Å². The van der Waals surface area contributed by atoms with E-state index in [2.05, 4.69) is 5.32 Å². The first kappa shape index (κ1) is 19.8. The largest absolute Gasteiger partial charge is 0.491 e. The average Bonchev–Trinajstić information content (AvgIpc) is 2.61. The summed E-state index contributed by atoms with van der Waals surface area (Å²) in [5.41, 5.74) is 1.44. The molecule has 5 nitrogen and oxygen atoms in total. The summed E-state index contributed by atoms with van der Waals surface area (Å²) in [6.07, 6.45) is 0.734. The van der Waals surface area contributed by atoms with Crippen LogP contribution >= 0.6 is 11.6 Å². The molecular weight excluding hydrogens is 354 g/mol. The predicted molar refractivity (Wildman–Crippen MR) is 101 cm³/mol. The van der Waals surface area contributed by atoms with E-state index in [1.165, 1.54) is 0 Å². The molecule has 1 N–H and O–H groups in total. The summed E-state index contributed by atoms with van der Waals surface area (Å²) >= 11 is 5.82. The van der Waals surface area contributed by atoms with Gasteiger partial charge in [-0.15, -0.1) is 0 Å². The van der Waals surface area contributed by atoms with Crippen LogP contribution in [0.1, 0.15) is 29.8 Å². The monoisotopic (exact) mass is 375 g/mol. The molecule has 0 heterocycles. The highest BCUT2D eigenvalue weighted by atomic mass is 35.5. The van der Waals surface area contributed by atoms with Crippen molar-refractivity contribution in [3.8, 4) is 5.75 Å². The molecule has 0 bridgehead atoms. The Morgan fingerprint density at radius 2 is 1.69 bits per heavy atom. The molecule has 0 aliphatic carbocycles. The summed E-state index contributed by atoms with van der Waals surface area (Å²) in [7, 11) is 0. The van der Waals surface area contributed by atoms with E-state index >= 15 is 0 Å². The first-order valence-electron chi connectivity index (χ1n) is 8.39. The van der Waals surface area contributed by atoms with Gasteiger partial charge in [0.15, 0.2) is 6.61 Å². The fraction of sp³-hybridized carbons (Fsp3) is 0.300. The van der Waals surface area contributed by atoms with Crippen molar-refractivity contribution in [3.63, 3.8) is 0 Å². The summed E-state index contributed by atoms with van der Waals surface area (Å²) in [6, 6.07) is 14.0. The van der Waals surface area contributed by atoms with E-state index in [0.717, 1.165) is 5.56 Å². The molecule has 1 amide bonds. The number of esters is 1. The number of halogens is 1. The Bertz CT molecular complexity index is 726. The van der Waals surface area contributed by atoms with Crippen LogP contribution in [0.5, 0.6) is 5.75 Å². The average molecular weight is 376 g/mol. The van der Waals surface area contributed by atoms with Gasteiger partial charge in [-0.25, -0.2) is 4.79 Å². The Balaban J connectivity index is 1.70. The van der Waals surface area contributed by atoms with Gasteiger partial charge >= 0.3 is 5.97 Å². The number of hydrogen-bond donors (Lipinski definition) is 1. The molecule has 2 rings (SSSR count). The second-order valence-corrected chi connectivity index (χ2v) is 6.43. The lowest BCUT2D eigenvalue weighted by Crippen LogP contribution is -2.30. The van der Waals surface area contributed by atoms with Gasteiger partial charge in [0.2, 0.25) is 0 Å². The number of benzene rings is 2. The number of hydrogen-bond acceptors (Lipinski definition) is 4. The molecule has 138 valence electrons. The van der Waals surface area contributed by atoms with Gasteiger partial charge in [-0.3, -0.25) is 4.79 Å². The van der Waals surface area contributed by atoms with Gasteiger partial charge in [-0.05, 0) is 62.2 Å². The zero-order valence-electron chi connectivity index (χ0n) is 14.8. The Labute approximate surface area is 158 Å². The number of rotatable bonds is 8. The standard InChI is InChI=1S/C20H22ClNO4/c1-14(2)26-18-9-5-16(6-10-18)20(24)25-13-19(23)22-12-11-15-3-7-17(21)8-4-15/h3-10,14H,11-13H2,1-2H3,(H,22,23). The van der Waals surface area contributed by atoms with Gasteiger partial charge in [0, 0.05) is 11.6 Å². The lowest BCUT2D eigenvalue weighted by atomic mass is 10.1. The van der Waals surface area contributed by atoms with Gasteiger partial charge in [-0.2, -0.15) is 0 Å². The minimum atomic E-state index is -0.547. The molecule has 0 radical (unpaired) electrons. The Morgan fingerprint density at radius 3 is 2.31 bits per heavy atom. The number of nitrogens with one attached hydrogen (secondary N) is 1. The zero-order valence-corrected chi connectivity index (χ0v) is 15.6. The Morgan fingerprint density at radius 1 is 1.04 bits per heavy atom. The Hall–Kier alpha value is -2.53. The van der Waals surface area contributed by atoms with Crippen molar-refractivity contribution in [1.29, 1.82) is 0 Å². The topological polar surface area (TPSA) is 64.6 Å². The van der Waals surface area contributed by atoms with Crippen LogP contribution in [-0.2, 0) is 16.0 Å². The SMILES string of the molecule is CC(C)Oc1ccc(C(=O)OCC(=O)NCCc2ccc(Cl)cc2)cc1. The molecule has 26 heavy (non-hydrogen) atoms. The highest BCUT2D eigenvalue weighted by molar-refractivity contribution is 6.30. The molecule has 6 heteroatoms. The summed E-state index contributed by atoms with van der Waals surface area (Å²) in [5.74, 6) is -0.211. The minimum absolute atomic E-state index is 0.0596. The minimum Gasteiger partial charge on any atom is -0.491 e. The van der Waals surface area contributed by atoms with E-state index in [0.29, 0.717) is 29.3 Å². The number of carbonyl (C=O) groups is 2. The van der Waals surface area contributed by atoms with Crippen LogP contribution in [-0.4, -0.2) is 31.1 Å². The number of amides is 1. The van der Waals surface area contributed by atoms with Crippen molar-refractivity contribution in [2.24, 2.45) is 0 Å². The molecule has 0 unspecified atom stereocenters. The molecule has 0 spiro atoms. The van der Waals surface area contributed by atoms with Gasteiger partial charge in [-0.1, -0.05) is 23.7 Å². The maximum absolute atomic E-state index is 12.0. The summed E-state index contributed by atoms with van der Waals surface area (Å²) < 4.78 is 10.5. The van der Waals surface area contributed by atoms with Crippen LogP contribution in [0.2, 0.25) is 5.02 Å². The quantitative estimate of drug-likeness (QED) is 0.715. The van der Waals surface area contributed by atoms with Crippen molar-refractivity contribution in [1.82, 2.24) is 5.32 Å². The lowest BCUT2D eigenvalue weighted by Gasteiger charge is -2.10. The van der Waals surface area contributed by atoms with Crippen LogP contribution in [0.3, 0.4) is 0 Å². The first-order chi connectivity index (χ1) is 12.4. The van der Waals surface area contributed by atoms with E-state index < -0.39 is 5.97 Å². The highest BCUT2D eigenvalue weighted by Crippen LogP contribution is 2.14. The maximum Gasteiger partial charge on any atom is 0.338 e. The van der Waals surface area contributed by atoms with Crippen LogP contribution in [0, 0.1) is 0 Å². The van der Waals surface area contributed by atoms with Crippen molar-refractivity contribution in [2.75, 3.05) is 13.2 Å². The molecule has 0 aliphatic rings. The van der Waals surface area contributed by atoms with Crippen LogP contribution < -0.4 is 10.1 Å². The summed E-state index contributed by atoms with van der Waals surface area (Å²) in [5, 5.41) is 3.39. The third-order valence-corrected chi connectivity index (χ3v) is 3.70. The van der Waals surface area contributed by atoms with E-state index in [1.54, 1.807) is 36.4 Å². The van der Waals surface area contributed by atoms with Gasteiger partial charge in [0.25, 0.3) is 5.91 Å². The smallest absolute Gasteiger partial charge is 0.338 e. The molecular formula is C20H22ClNO4. The molecule has 0 aliphatic heterocycles. The van der Waals surface area contributed by atoms with Crippen LogP contribution in [0.15, 0.2) is 48.5 Å². The van der Waals surface area contributed by atoms with E-state index in [1.807, 2.05) is 26.0 Å². The molecule has 2 aromatic carbocycles. The van der Waals surface area contributed by atoms with E-state index in [4.69, 9.17) is 21.1 Å². The molecule has 0 fully saturated rings. The third kappa shape index (κ3) is 6.76. The maximum atomic E-state index is 12.0. The van der Waals surface area contributed by atoms with Crippen molar-refractivity contribution < 1.29 is 19.1 Å². The molecule has 0 atom stereocenters. The second kappa shape index (κ2) is 9.82. The van der Waals surface area contributed by atoms with Gasteiger partial charge in [0.05, 0.1) is 11.7 Å². The fourth-order valence-electron chi connectivity index (χ4n) is 2.20. The molecule has 2 aromatic rings.